The number of anilines is 1. The number of hydrogen-bond acceptors (Lipinski definition) is 2. The lowest BCUT2D eigenvalue weighted by Crippen LogP contribution is -2.04. The number of pyridine rings is 1. The van der Waals surface area contributed by atoms with Crippen molar-refractivity contribution in [3.63, 3.8) is 0 Å². The van der Waals surface area contributed by atoms with Crippen LogP contribution in [0.4, 0.5) is 5.82 Å². The summed E-state index contributed by atoms with van der Waals surface area (Å²) in [4.78, 5) is 4.35. The second-order valence-corrected chi connectivity index (χ2v) is 5.06. The largest absolute Gasteiger partial charge is 0.365 e. The molecule has 18 heavy (non-hydrogen) atoms. The molecule has 0 atom stereocenters. The van der Waals surface area contributed by atoms with E-state index in [2.05, 4.69) is 64.3 Å². The highest BCUT2D eigenvalue weighted by Crippen LogP contribution is 2.24. The van der Waals surface area contributed by atoms with Crippen molar-refractivity contribution in [2.75, 3.05) is 5.32 Å². The fourth-order valence-electron chi connectivity index (χ4n) is 1.92. The Kier molecular flexibility index (Phi) is 4.37. The molecule has 0 spiro atoms. The molecule has 0 aliphatic rings. The van der Waals surface area contributed by atoms with Crippen LogP contribution in [0.5, 0.6) is 0 Å². The highest BCUT2D eigenvalue weighted by molar-refractivity contribution is 9.10. The molecule has 0 radical (unpaired) electrons. The quantitative estimate of drug-likeness (QED) is 0.909. The first kappa shape index (κ1) is 13.1. The third kappa shape index (κ3) is 2.91. The first-order chi connectivity index (χ1) is 8.72. The number of nitrogens with one attached hydrogen (secondary N) is 1. The van der Waals surface area contributed by atoms with E-state index in [0.29, 0.717) is 0 Å². The van der Waals surface area contributed by atoms with Gasteiger partial charge in [0.25, 0.3) is 0 Å². The minimum atomic E-state index is 0.805. The molecule has 0 aliphatic heterocycles. The summed E-state index contributed by atoms with van der Waals surface area (Å²) < 4.78 is 1.04. The fourth-order valence-corrected chi connectivity index (χ4v) is 2.29. The minimum absolute atomic E-state index is 0.805. The van der Waals surface area contributed by atoms with Crippen molar-refractivity contribution >= 4 is 21.7 Å². The Morgan fingerprint density at radius 1 is 1.17 bits per heavy atom. The number of nitrogens with zero attached hydrogens (tertiary/aromatic N) is 1. The zero-order valence-corrected chi connectivity index (χ0v) is 12.3. The molecule has 0 saturated carbocycles. The monoisotopic (exact) mass is 304 g/mol. The Morgan fingerprint density at radius 2 is 1.89 bits per heavy atom. The SMILES string of the molecule is CCc1ccccc1CNc1nccc(C)c1Br. The smallest absolute Gasteiger partial charge is 0.140 e. The highest BCUT2D eigenvalue weighted by Gasteiger charge is 2.04. The molecule has 0 amide bonds. The molecule has 2 nitrogen and oxygen atoms in total. The number of rotatable bonds is 4. The van der Waals surface area contributed by atoms with Gasteiger partial charge in [-0.3, -0.25) is 0 Å². The number of aromatic nitrogens is 1. The molecule has 1 aromatic carbocycles. The van der Waals surface area contributed by atoms with Gasteiger partial charge in [-0.15, -0.1) is 0 Å². The maximum Gasteiger partial charge on any atom is 0.140 e. The molecule has 3 heteroatoms. The van der Waals surface area contributed by atoms with Crippen LogP contribution in [-0.2, 0) is 13.0 Å². The van der Waals surface area contributed by atoms with E-state index in [-0.39, 0.29) is 0 Å². The molecule has 0 bridgehead atoms. The second-order valence-electron chi connectivity index (χ2n) is 4.27. The van der Waals surface area contributed by atoms with Crippen molar-refractivity contribution in [1.29, 1.82) is 0 Å². The summed E-state index contributed by atoms with van der Waals surface area (Å²) in [5, 5.41) is 3.39. The molecule has 0 unspecified atom stereocenters. The zero-order chi connectivity index (χ0) is 13.0. The molecule has 0 aliphatic carbocycles. The topological polar surface area (TPSA) is 24.9 Å². The lowest BCUT2D eigenvalue weighted by Gasteiger charge is -2.11. The van der Waals surface area contributed by atoms with E-state index in [9.17, 15) is 0 Å². The summed E-state index contributed by atoms with van der Waals surface area (Å²) >= 11 is 3.56. The molecule has 94 valence electrons. The van der Waals surface area contributed by atoms with Crippen LogP contribution in [0.15, 0.2) is 41.0 Å². The van der Waals surface area contributed by atoms with E-state index in [0.717, 1.165) is 23.3 Å². The molecule has 1 N–H and O–H groups in total. The molecule has 0 fully saturated rings. The Balaban J connectivity index is 2.14. The highest BCUT2D eigenvalue weighted by atomic mass is 79.9. The van der Waals surface area contributed by atoms with Crippen molar-refractivity contribution in [2.24, 2.45) is 0 Å². The molecule has 2 aromatic rings. The van der Waals surface area contributed by atoms with Gasteiger partial charge in [0.1, 0.15) is 5.82 Å². The van der Waals surface area contributed by atoms with Gasteiger partial charge in [0.05, 0.1) is 4.47 Å². The Labute approximate surface area is 117 Å². The first-order valence-electron chi connectivity index (χ1n) is 6.14. The normalized spacial score (nSPS) is 10.4. The number of aryl methyl sites for hydroxylation is 2. The van der Waals surface area contributed by atoms with Crippen LogP contribution in [0, 0.1) is 6.92 Å². The van der Waals surface area contributed by atoms with Gasteiger partial charge in [0.2, 0.25) is 0 Å². The van der Waals surface area contributed by atoms with Crippen molar-refractivity contribution in [3.8, 4) is 0 Å². The Morgan fingerprint density at radius 3 is 2.61 bits per heavy atom. The molecule has 2 rings (SSSR count). The summed E-state index contributed by atoms with van der Waals surface area (Å²) in [6.07, 6.45) is 2.88. The van der Waals surface area contributed by atoms with Crippen LogP contribution in [0.1, 0.15) is 23.6 Å². The van der Waals surface area contributed by atoms with E-state index >= 15 is 0 Å². The van der Waals surface area contributed by atoms with Gasteiger partial charge in [0, 0.05) is 12.7 Å². The van der Waals surface area contributed by atoms with Crippen LogP contribution in [0.3, 0.4) is 0 Å². The van der Waals surface area contributed by atoms with Gasteiger partial charge in [-0.1, -0.05) is 31.2 Å². The van der Waals surface area contributed by atoms with Crippen LogP contribution in [0.2, 0.25) is 0 Å². The van der Waals surface area contributed by atoms with E-state index < -0.39 is 0 Å². The minimum Gasteiger partial charge on any atom is -0.365 e. The van der Waals surface area contributed by atoms with Gasteiger partial charge >= 0.3 is 0 Å². The lowest BCUT2D eigenvalue weighted by molar-refractivity contribution is 1.03. The average Bonchev–Trinajstić information content (AvgIpc) is 2.41. The predicted molar refractivity (Wildman–Crippen MR) is 79.8 cm³/mol. The molecule has 1 heterocycles. The van der Waals surface area contributed by atoms with Gasteiger partial charge in [-0.05, 0) is 52.0 Å². The van der Waals surface area contributed by atoms with E-state index in [1.165, 1.54) is 16.7 Å². The zero-order valence-electron chi connectivity index (χ0n) is 10.7. The maximum absolute atomic E-state index is 4.35. The van der Waals surface area contributed by atoms with Crippen LogP contribution in [0.25, 0.3) is 0 Å². The Bertz CT molecular complexity index is 538. The van der Waals surface area contributed by atoms with Crippen LogP contribution < -0.4 is 5.32 Å². The maximum atomic E-state index is 4.35. The molecule has 1 aromatic heterocycles. The fraction of sp³-hybridized carbons (Fsp3) is 0.267. The summed E-state index contributed by atoms with van der Waals surface area (Å²) in [6, 6.07) is 10.5. The van der Waals surface area contributed by atoms with Gasteiger partial charge in [-0.25, -0.2) is 4.98 Å². The molecular formula is C15H17BrN2. The predicted octanol–water partition coefficient (Wildman–Crippen LogP) is 4.33. The second kappa shape index (κ2) is 6.01. The van der Waals surface area contributed by atoms with Crippen molar-refractivity contribution < 1.29 is 0 Å². The number of hydrogen-bond donors (Lipinski definition) is 1. The van der Waals surface area contributed by atoms with E-state index in [4.69, 9.17) is 0 Å². The Hall–Kier alpha value is -1.35. The summed E-state index contributed by atoms with van der Waals surface area (Å²) in [5.74, 6) is 0.904. The van der Waals surface area contributed by atoms with Gasteiger partial charge < -0.3 is 5.32 Å². The van der Waals surface area contributed by atoms with Crippen molar-refractivity contribution in [3.05, 3.63) is 57.7 Å². The standard InChI is InChI=1S/C15H17BrN2/c1-3-12-6-4-5-7-13(12)10-18-15-14(16)11(2)8-9-17-15/h4-9H,3,10H2,1-2H3,(H,17,18). The van der Waals surface area contributed by atoms with Gasteiger partial charge in [-0.2, -0.15) is 0 Å². The summed E-state index contributed by atoms with van der Waals surface area (Å²) in [7, 11) is 0. The van der Waals surface area contributed by atoms with E-state index in [1.54, 1.807) is 0 Å². The van der Waals surface area contributed by atoms with Crippen molar-refractivity contribution in [1.82, 2.24) is 4.98 Å². The average molecular weight is 305 g/mol. The lowest BCUT2D eigenvalue weighted by atomic mass is 10.1. The van der Waals surface area contributed by atoms with E-state index in [1.807, 2.05) is 12.3 Å². The number of benzene rings is 1. The first-order valence-corrected chi connectivity index (χ1v) is 6.93. The molecular weight excluding hydrogens is 288 g/mol. The third-order valence-electron chi connectivity index (χ3n) is 3.03. The summed E-state index contributed by atoms with van der Waals surface area (Å²) in [6.45, 7) is 5.05. The third-order valence-corrected chi connectivity index (χ3v) is 4.03. The number of halogens is 1. The molecule has 0 saturated heterocycles. The van der Waals surface area contributed by atoms with Crippen LogP contribution in [-0.4, -0.2) is 4.98 Å². The van der Waals surface area contributed by atoms with Crippen molar-refractivity contribution in [2.45, 2.75) is 26.8 Å². The summed E-state index contributed by atoms with van der Waals surface area (Å²) in [5.41, 5.74) is 3.90. The van der Waals surface area contributed by atoms with Gasteiger partial charge in [0.15, 0.2) is 0 Å². The van der Waals surface area contributed by atoms with Crippen LogP contribution >= 0.6 is 15.9 Å².